The highest BCUT2D eigenvalue weighted by molar-refractivity contribution is 5.91. The number of fused-ring (bicyclic) bond motifs is 1. The van der Waals surface area contributed by atoms with Gasteiger partial charge in [0.15, 0.2) is 6.67 Å². The van der Waals surface area contributed by atoms with Crippen LogP contribution in [0, 0.1) is 0 Å². The normalized spacial score (nSPS) is 11.6. The quantitative estimate of drug-likeness (QED) is 0.602. The molecule has 0 saturated carbocycles. The number of carbonyl (C=O) groups is 1. The molecule has 2 aromatic carbocycles. The van der Waals surface area contributed by atoms with E-state index in [0.717, 1.165) is 16.3 Å². The predicted octanol–water partition coefficient (Wildman–Crippen LogP) is 4.01. The highest BCUT2D eigenvalue weighted by Gasteiger charge is 2.17. The molecule has 0 N–H and O–H groups in total. The number of hydrogen-bond acceptors (Lipinski definition) is 2. The Morgan fingerprint density at radius 2 is 1.89 bits per heavy atom. The molecule has 0 unspecified atom stereocenters. The lowest BCUT2D eigenvalue weighted by molar-refractivity contribution is -0.135. The maximum atomic E-state index is 12.3. The Morgan fingerprint density at radius 1 is 1.21 bits per heavy atom. The van der Waals surface area contributed by atoms with Crippen molar-refractivity contribution in [1.82, 2.24) is 0 Å². The van der Waals surface area contributed by atoms with Crippen molar-refractivity contribution in [3.63, 3.8) is 0 Å². The van der Waals surface area contributed by atoms with Crippen LogP contribution in [0.25, 0.3) is 10.8 Å². The van der Waals surface area contributed by atoms with Crippen LogP contribution in [0.5, 0.6) is 5.75 Å². The molecule has 2 nitrogen and oxygen atoms in total. The second kappa shape index (κ2) is 5.00. The van der Waals surface area contributed by atoms with Crippen molar-refractivity contribution in [2.24, 2.45) is 0 Å². The minimum absolute atomic E-state index is 0.0685. The van der Waals surface area contributed by atoms with E-state index in [1.807, 2.05) is 30.3 Å². The molecule has 2 rings (SSSR count). The fourth-order valence-corrected chi connectivity index (χ4v) is 1.94. The van der Waals surface area contributed by atoms with Crippen LogP contribution in [0.4, 0.5) is 4.39 Å². The molecule has 2 aromatic rings. The van der Waals surface area contributed by atoms with Gasteiger partial charge in [0.2, 0.25) is 0 Å². The second-order valence-corrected chi connectivity index (χ2v) is 5.55. The summed E-state index contributed by atoms with van der Waals surface area (Å²) in [4.78, 5) is 11.2. The molecule has 0 fully saturated rings. The Bertz CT molecular complexity index is 612. The van der Waals surface area contributed by atoms with E-state index in [9.17, 15) is 9.18 Å². The van der Waals surface area contributed by atoms with Gasteiger partial charge in [0, 0.05) is 5.39 Å². The number of carbonyl (C=O) groups excluding carboxylic acids is 1. The van der Waals surface area contributed by atoms with Crippen molar-refractivity contribution in [3.05, 3.63) is 42.0 Å². The van der Waals surface area contributed by atoms with E-state index in [-0.39, 0.29) is 5.41 Å². The van der Waals surface area contributed by atoms with E-state index in [1.54, 1.807) is 0 Å². The average molecular weight is 260 g/mol. The fraction of sp³-hybridized carbons (Fsp3) is 0.312. The molecule has 0 bridgehead atoms. The van der Waals surface area contributed by atoms with Crippen LogP contribution in [0.15, 0.2) is 36.4 Å². The van der Waals surface area contributed by atoms with Gasteiger partial charge in [-0.25, -0.2) is 9.18 Å². The lowest BCUT2D eigenvalue weighted by atomic mass is 9.85. The first-order chi connectivity index (χ1) is 8.91. The Labute approximate surface area is 112 Å². The summed E-state index contributed by atoms with van der Waals surface area (Å²) in [5.74, 6) is -0.443. The van der Waals surface area contributed by atoms with Gasteiger partial charge >= 0.3 is 5.97 Å². The van der Waals surface area contributed by atoms with Gasteiger partial charge in [-0.2, -0.15) is 0 Å². The van der Waals surface area contributed by atoms with Gasteiger partial charge in [0.25, 0.3) is 0 Å². The summed E-state index contributed by atoms with van der Waals surface area (Å²) in [6, 6.07) is 11.5. The van der Waals surface area contributed by atoms with Crippen molar-refractivity contribution in [1.29, 1.82) is 0 Å². The van der Waals surface area contributed by atoms with E-state index in [1.165, 1.54) is 0 Å². The van der Waals surface area contributed by atoms with Crippen LogP contribution in [-0.2, 0) is 10.2 Å². The van der Waals surface area contributed by atoms with Gasteiger partial charge in [0.05, 0.1) is 0 Å². The lowest BCUT2D eigenvalue weighted by Gasteiger charge is -2.21. The molecule has 100 valence electrons. The van der Waals surface area contributed by atoms with Crippen LogP contribution < -0.4 is 4.74 Å². The Balaban J connectivity index is 2.61. The summed E-state index contributed by atoms with van der Waals surface area (Å²) in [6.45, 7) is 5.13. The van der Waals surface area contributed by atoms with Crippen LogP contribution in [0.2, 0.25) is 0 Å². The van der Waals surface area contributed by atoms with E-state index >= 15 is 0 Å². The zero-order chi connectivity index (χ0) is 14.0. The number of rotatable bonds is 2. The zero-order valence-corrected chi connectivity index (χ0v) is 11.4. The monoisotopic (exact) mass is 260 g/mol. The number of esters is 1. The molecule has 0 saturated heterocycles. The smallest absolute Gasteiger partial charge is 0.342 e. The molecule has 0 aliphatic rings. The lowest BCUT2D eigenvalue weighted by Crippen LogP contribution is -2.13. The van der Waals surface area contributed by atoms with Crippen molar-refractivity contribution in [2.45, 2.75) is 26.2 Å². The fourth-order valence-electron chi connectivity index (χ4n) is 1.94. The van der Waals surface area contributed by atoms with E-state index < -0.39 is 12.6 Å². The summed E-state index contributed by atoms with van der Waals surface area (Å²) in [5, 5.41) is 1.80. The topological polar surface area (TPSA) is 26.3 Å². The summed E-state index contributed by atoms with van der Waals surface area (Å²) >= 11 is 0. The van der Waals surface area contributed by atoms with Crippen LogP contribution in [0.3, 0.4) is 0 Å². The van der Waals surface area contributed by atoms with Crippen LogP contribution in [-0.4, -0.2) is 12.6 Å². The number of halogens is 1. The summed E-state index contributed by atoms with van der Waals surface area (Å²) in [5.41, 5.74) is 0.980. The number of hydrogen-bond donors (Lipinski definition) is 0. The first-order valence-electron chi connectivity index (χ1n) is 6.22. The predicted molar refractivity (Wildman–Crippen MR) is 74.3 cm³/mol. The Hall–Kier alpha value is -1.90. The molecule has 3 heteroatoms. The minimum Gasteiger partial charge on any atom is -0.424 e. The van der Waals surface area contributed by atoms with Crippen molar-refractivity contribution >= 4 is 16.7 Å². The summed E-state index contributed by atoms with van der Waals surface area (Å²) in [6.07, 6.45) is 0. The zero-order valence-electron chi connectivity index (χ0n) is 11.4. The number of ether oxygens (including phenoxy) is 1. The molecule has 0 aromatic heterocycles. The van der Waals surface area contributed by atoms with E-state index in [0.29, 0.717) is 5.75 Å². The minimum atomic E-state index is -1.12. The molecule has 0 aliphatic heterocycles. The molecular formula is C16H17FO2. The highest BCUT2D eigenvalue weighted by Crippen LogP contribution is 2.33. The maximum absolute atomic E-state index is 12.3. The highest BCUT2D eigenvalue weighted by atomic mass is 19.1. The van der Waals surface area contributed by atoms with Crippen LogP contribution in [0.1, 0.15) is 26.3 Å². The molecule has 0 atom stereocenters. The largest absolute Gasteiger partial charge is 0.424 e. The van der Waals surface area contributed by atoms with Gasteiger partial charge < -0.3 is 4.74 Å². The SMILES string of the molecule is CC(C)(C)c1cc(OC(=O)CF)c2ccccc2c1. The van der Waals surface area contributed by atoms with Gasteiger partial charge in [0.1, 0.15) is 5.75 Å². The summed E-state index contributed by atoms with van der Waals surface area (Å²) < 4.78 is 17.4. The molecular weight excluding hydrogens is 243 g/mol. The molecule has 0 radical (unpaired) electrons. The third-order valence-corrected chi connectivity index (χ3v) is 3.02. The molecule has 0 aliphatic carbocycles. The van der Waals surface area contributed by atoms with Gasteiger partial charge in [-0.15, -0.1) is 0 Å². The maximum Gasteiger partial charge on any atom is 0.342 e. The first kappa shape index (κ1) is 13.5. The second-order valence-electron chi connectivity index (χ2n) is 5.55. The van der Waals surface area contributed by atoms with Crippen molar-refractivity contribution < 1.29 is 13.9 Å². The Morgan fingerprint density at radius 3 is 2.53 bits per heavy atom. The van der Waals surface area contributed by atoms with Crippen molar-refractivity contribution in [3.8, 4) is 5.75 Å². The van der Waals surface area contributed by atoms with E-state index in [4.69, 9.17) is 4.74 Å². The third kappa shape index (κ3) is 2.92. The molecule has 0 amide bonds. The number of alkyl halides is 1. The van der Waals surface area contributed by atoms with Gasteiger partial charge in [-0.3, -0.25) is 0 Å². The molecule has 0 spiro atoms. The third-order valence-electron chi connectivity index (χ3n) is 3.02. The summed E-state index contributed by atoms with van der Waals surface area (Å²) in [7, 11) is 0. The molecule has 19 heavy (non-hydrogen) atoms. The Kier molecular flexibility index (Phi) is 3.56. The van der Waals surface area contributed by atoms with Gasteiger partial charge in [-0.1, -0.05) is 51.1 Å². The van der Waals surface area contributed by atoms with Gasteiger partial charge in [-0.05, 0) is 22.4 Å². The average Bonchev–Trinajstić information content (AvgIpc) is 2.37. The van der Waals surface area contributed by atoms with Crippen molar-refractivity contribution in [2.75, 3.05) is 6.67 Å². The first-order valence-corrected chi connectivity index (χ1v) is 6.22. The van der Waals surface area contributed by atoms with Crippen LogP contribution >= 0.6 is 0 Å². The number of benzene rings is 2. The van der Waals surface area contributed by atoms with E-state index in [2.05, 4.69) is 26.8 Å². The standard InChI is InChI=1S/C16H17FO2/c1-16(2,3)12-8-11-6-4-5-7-13(11)14(9-12)19-15(18)10-17/h4-9H,10H2,1-3H3. The molecule has 0 heterocycles.